The van der Waals surface area contributed by atoms with Gasteiger partial charge in [-0.15, -0.1) is 0 Å². The number of rotatable bonds is 4. The third-order valence-corrected chi connectivity index (χ3v) is 3.32. The minimum atomic E-state index is -0.00503. The minimum Gasteiger partial charge on any atom is -0.377 e. The molecule has 1 aliphatic rings. The van der Waals surface area contributed by atoms with Crippen LogP contribution in [0, 0.1) is 0 Å². The third kappa shape index (κ3) is 3.29. The molecule has 0 aromatic carbocycles. The molecule has 0 radical (unpaired) electrons. The lowest BCUT2D eigenvalue weighted by atomic mass is 9.96. The van der Waals surface area contributed by atoms with Crippen molar-refractivity contribution in [2.45, 2.75) is 64.6 Å². The van der Waals surface area contributed by atoms with Crippen LogP contribution in [0.5, 0.6) is 0 Å². The average Bonchev–Trinajstić information content (AvgIpc) is 2.96. The Kier molecular flexibility index (Phi) is 4.02. The summed E-state index contributed by atoms with van der Waals surface area (Å²) in [6.45, 7) is 10.1. The zero-order valence-electron chi connectivity index (χ0n) is 11.8. The number of H-pyrrole nitrogens is 1. The van der Waals surface area contributed by atoms with Crippen LogP contribution in [0.4, 0.5) is 0 Å². The van der Waals surface area contributed by atoms with Crippen molar-refractivity contribution in [3.05, 3.63) is 11.6 Å². The molecule has 1 fully saturated rings. The van der Waals surface area contributed by atoms with Crippen molar-refractivity contribution in [1.29, 1.82) is 0 Å². The van der Waals surface area contributed by atoms with Crippen LogP contribution in [0.1, 0.15) is 52.2 Å². The lowest BCUT2D eigenvalue weighted by Gasteiger charge is -2.19. The van der Waals surface area contributed by atoms with E-state index >= 15 is 0 Å². The lowest BCUT2D eigenvalue weighted by Crippen LogP contribution is -2.36. The minimum absolute atomic E-state index is 0.00503. The molecule has 102 valence electrons. The van der Waals surface area contributed by atoms with Crippen molar-refractivity contribution >= 4 is 0 Å². The Morgan fingerprint density at radius 2 is 2.28 bits per heavy atom. The Hall–Kier alpha value is -0.940. The van der Waals surface area contributed by atoms with Crippen LogP contribution in [-0.4, -0.2) is 33.9 Å². The molecule has 5 heteroatoms. The molecule has 2 rings (SSSR count). The molecule has 0 bridgehead atoms. The molecule has 18 heavy (non-hydrogen) atoms. The first-order chi connectivity index (χ1) is 8.47. The van der Waals surface area contributed by atoms with Crippen molar-refractivity contribution < 1.29 is 4.74 Å². The zero-order chi connectivity index (χ0) is 13.2. The molecule has 2 heterocycles. The van der Waals surface area contributed by atoms with Crippen LogP contribution in [0.3, 0.4) is 0 Å². The average molecular weight is 252 g/mol. The number of ether oxygens (including phenoxy) is 1. The van der Waals surface area contributed by atoms with Crippen molar-refractivity contribution in [2.75, 3.05) is 6.61 Å². The maximum atomic E-state index is 5.65. The highest BCUT2D eigenvalue weighted by atomic mass is 16.5. The molecule has 5 nitrogen and oxygen atoms in total. The number of aromatic nitrogens is 3. The number of nitrogens with one attached hydrogen (secondary N) is 2. The fraction of sp³-hybridized carbons (Fsp3) is 0.846. The van der Waals surface area contributed by atoms with Crippen molar-refractivity contribution in [3.63, 3.8) is 0 Å². The van der Waals surface area contributed by atoms with Gasteiger partial charge in [0.05, 0.1) is 12.6 Å². The van der Waals surface area contributed by atoms with E-state index in [2.05, 4.69) is 48.2 Å². The van der Waals surface area contributed by atoms with Gasteiger partial charge in [0.1, 0.15) is 5.82 Å². The van der Waals surface area contributed by atoms with Gasteiger partial charge in [-0.2, -0.15) is 5.10 Å². The highest BCUT2D eigenvalue weighted by Crippen LogP contribution is 2.18. The van der Waals surface area contributed by atoms with E-state index in [1.165, 1.54) is 6.42 Å². The summed E-state index contributed by atoms with van der Waals surface area (Å²) in [4.78, 5) is 4.51. The smallest absolute Gasteiger partial charge is 0.156 e. The molecule has 0 aliphatic carbocycles. The molecule has 1 aromatic rings. The fourth-order valence-electron chi connectivity index (χ4n) is 2.10. The SMILES string of the molecule is CC(NCc1nc(C(C)(C)C)n[nH]1)C1CCCO1. The van der Waals surface area contributed by atoms with Crippen LogP contribution in [0.25, 0.3) is 0 Å². The molecule has 2 N–H and O–H groups in total. The Morgan fingerprint density at radius 3 is 2.83 bits per heavy atom. The normalized spacial score (nSPS) is 22.3. The molecule has 1 aliphatic heterocycles. The van der Waals surface area contributed by atoms with Crippen LogP contribution in [-0.2, 0) is 16.7 Å². The Balaban J connectivity index is 1.84. The molecule has 1 aromatic heterocycles. The number of nitrogens with zero attached hydrogens (tertiary/aromatic N) is 2. The Morgan fingerprint density at radius 1 is 1.50 bits per heavy atom. The first-order valence-corrected chi connectivity index (χ1v) is 6.73. The monoisotopic (exact) mass is 252 g/mol. The fourth-order valence-corrected chi connectivity index (χ4v) is 2.10. The second-order valence-electron chi connectivity index (χ2n) is 6.08. The molecule has 2 unspecified atom stereocenters. The molecule has 0 amide bonds. The molecule has 2 atom stereocenters. The van der Waals surface area contributed by atoms with E-state index in [1.54, 1.807) is 0 Å². The Bertz CT molecular complexity index is 377. The predicted molar refractivity (Wildman–Crippen MR) is 70.4 cm³/mol. The molecule has 0 saturated carbocycles. The summed E-state index contributed by atoms with van der Waals surface area (Å²) in [7, 11) is 0. The van der Waals surface area contributed by atoms with Gasteiger partial charge in [-0.25, -0.2) is 4.98 Å². The maximum Gasteiger partial charge on any atom is 0.156 e. The van der Waals surface area contributed by atoms with Crippen LogP contribution in [0.2, 0.25) is 0 Å². The van der Waals surface area contributed by atoms with Crippen LogP contribution in [0.15, 0.2) is 0 Å². The van der Waals surface area contributed by atoms with Gasteiger partial charge in [0.15, 0.2) is 5.82 Å². The predicted octanol–water partition coefficient (Wildman–Crippen LogP) is 1.76. The zero-order valence-corrected chi connectivity index (χ0v) is 11.8. The summed E-state index contributed by atoms with van der Waals surface area (Å²) in [5, 5.41) is 10.7. The highest BCUT2D eigenvalue weighted by molar-refractivity contribution is 5.02. The van der Waals surface area contributed by atoms with E-state index in [9.17, 15) is 0 Å². The highest BCUT2D eigenvalue weighted by Gasteiger charge is 2.23. The lowest BCUT2D eigenvalue weighted by molar-refractivity contribution is 0.0830. The van der Waals surface area contributed by atoms with Crippen LogP contribution >= 0.6 is 0 Å². The molecular formula is C13H24N4O. The second-order valence-corrected chi connectivity index (χ2v) is 6.08. The van der Waals surface area contributed by atoms with E-state index in [1.807, 2.05) is 0 Å². The maximum absolute atomic E-state index is 5.65. The van der Waals surface area contributed by atoms with Gasteiger partial charge in [0.25, 0.3) is 0 Å². The molecule has 1 saturated heterocycles. The largest absolute Gasteiger partial charge is 0.377 e. The second kappa shape index (κ2) is 5.36. The third-order valence-electron chi connectivity index (χ3n) is 3.32. The van der Waals surface area contributed by atoms with Gasteiger partial charge in [-0.05, 0) is 19.8 Å². The van der Waals surface area contributed by atoms with Gasteiger partial charge < -0.3 is 10.1 Å². The molecule has 0 spiro atoms. The Labute approximate surface area is 109 Å². The summed E-state index contributed by atoms with van der Waals surface area (Å²) in [6.07, 6.45) is 2.67. The summed E-state index contributed by atoms with van der Waals surface area (Å²) in [5.74, 6) is 1.76. The van der Waals surface area contributed by atoms with Crippen molar-refractivity contribution in [1.82, 2.24) is 20.5 Å². The van der Waals surface area contributed by atoms with Gasteiger partial charge in [-0.3, -0.25) is 5.10 Å². The quantitative estimate of drug-likeness (QED) is 0.857. The number of hydrogen-bond donors (Lipinski definition) is 2. The van der Waals surface area contributed by atoms with Gasteiger partial charge in [0, 0.05) is 18.1 Å². The molecular weight excluding hydrogens is 228 g/mol. The van der Waals surface area contributed by atoms with Gasteiger partial charge in [0.2, 0.25) is 0 Å². The van der Waals surface area contributed by atoms with E-state index in [0.717, 1.165) is 24.7 Å². The van der Waals surface area contributed by atoms with Gasteiger partial charge in [-0.1, -0.05) is 20.8 Å². The van der Waals surface area contributed by atoms with E-state index in [4.69, 9.17) is 4.74 Å². The summed E-state index contributed by atoms with van der Waals surface area (Å²) >= 11 is 0. The summed E-state index contributed by atoms with van der Waals surface area (Å²) in [5.41, 5.74) is -0.00503. The van der Waals surface area contributed by atoms with Gasteiger partial charge >= 0.3 is 0 Å². The van der Waals surface area contributed by atoms with Crippen molar-refractivity contribution in [2.24, 2.45) is 0 Å². The summed E-state index contributed by atoms with van der Waals surface area (Å²) in [6, 6.07) is 0.357. The first kappa shape index (κ1) is 13.5. The standard InChI is InChI=1S/C13H24N4O/c1-9(10-6-5-7-18-10)14-8-11-15-12(17-16-11)13(2,3)4/h9-10,14H,5-8H2,1-4H3,(H,15,16,17). The topological polar surface area (TPSA) is 62.8 Å². The van der Waals surface area contributed by atoms with E-state index in [-0.39, 0.29) is 5.41 Å². The van der Waals surface area contributed by atoms with Crippen LogP contribution < -0.4 is 5.32 Å². The first-order valence-electron chi connectivity index (χ1n) is 6.73. The summed E-state index contributed by atoms with van der Waals surface area (Å²) < 4.78 is 5.65. The van der Waals surface area contributed by atoms with E-state index < -0.39 is 0 Å². The van der Waals surface area contributed by atoms with E-state index in [0.29, 0.717) is 18.7 Å². The van der Waals surface area contributed by atoms with Crippen molar-refractivity contribution in [3.8, 4) is 0 Å². The number of aromatic amines is 1. The number of hydrogen-bond acceptors (Lipinski definition) is 4.